The predicted octanol–water partition coefficient (Wildman–Crippen LogP) is 4.18. The minimum absolute atomic E-state index is 0.0218. The fourth-order valence-corrected chi connectivity index (χ4v) is 4.49. The van der Waals surface area contributed by atoms with Gasteiger partial charge >= 0.3 is 0 Å². The molecule has 1 saturated heterocycles. The second kappa shape index (κ2) is 7.36. The number of likely N-dealkylation sites (N-methyl/N-ethyl adjacent to an activating group) is 1. The van der Waals surface area contributed by atoms with Crippen LogP contribution in [0.5, 0.6) is 0 Å². The Morgan fingerprint density at radius 1 is 1.11 bits per heavy atom. The summed E-state index contributed by atoms with van der Waals surface area (Å²) in [5, 5.41) is 4.27. The Morgan fingerprint density at radius 3 is 2.57 bits per heavy atom. The Kier molecular flexibility index (Phi) is 4.89. The third-order valence-corrected chi connectivity index (χ3v) is 5.80. The van der Waals surface area contributed by atoms with E-state index < -0.39 is 0 Å². The van der Waals surface area contributed by atoms with Gasteiger partial charge in [0.15, 0.2) is 5.11 Å². The van der Waals surface area contributed by atoms with Crippen LogP contribution in [0, 0.1) is 20.8 Å². The van der Waals surface area contributed by atoms with E-state index in [1.807, 2.05) is 24.5 Å². The van der Waals surface area contributed by atoms with Gasteiger partial charge in [0.1, 0.15) is 5.82 Å². The molecular weight excluding hydrogens is 366 g/mol. The molecule has 1 fully saturated rings. The van der Waals surface area contributed by atoms with Crippen LogP contribution in [0.2, 0.25) is 0 Å². The highest BCUT2D eigenvalue weighted by atomic mass is 32.1. The second-order valence-electron chi connectivity index (χ2n) is 7.27. The average molecular weight is 392 g/mol. The quantitative estimate of drug-likeness (QED) is 0.676. The molecule has 6 heteroatoms. The lowest BCUT2D eigenvalue weighted by Gasteiger charge is -2.27. The normalized spacial score (nSPS) is 19.1. The molecule has 4 heterocycles. The highest BCUT2D eigenvalue weighted by Crippen LogP contribution is 2.40. The van der Waals surface area contributed by atoms with Crippen molar-refractivity contribution in [1.82, 2.24) is 24.8 Å². The zero-order chi connectivity index (χ0) is 19.8. The van der Waals surface area contributed by atoms with Crippen LogP contribution in [-0.4, -0.2) is 31.1 Å². The van der Waals surface area contributed by atoms with Crippen molar-refractivity contribution in [2.75, 3.05) is 6.54 Å². The SMILES string of the molecule is CCN1C(=S)N[C@@H](c2ccccn2)[C@H]1c1cc(C)n(-c2ccc(C)cn2)c1C. The van der Waals surface area contributed by atoms with Gasteiger partial charge in [0, 0.05) is 30.3 Å². The first-order chi connectivity index (χ1) is 13.5. The Morgan fingerprint density at radius 2 is 1.93 bits per heavy atom. The van der Waals surface area contributed by atoms with Gasteiger partial charge < -0.3 is 14.8 Å². The van der Waals surface area contributed by atoms with E-state index in [4.69, 9.17) is 12.2 Å². The molecule has 1 aliphatic heterocycles. The third kappa shape index (κ3) is 3.07. The maximum atomic E-state index is 5.65. The van der Waals surface area contributed by atoms with Crippen LogP contribution in [0.4, 0.5) is 0 Å². The van der Waals surface area contributed by atoms with Gasteiger partial charge in [-0.15, -0.1) is 0 Å². The molecule has 0 amide bonds. The summed E-state index contributed by atoms with van der Waals surface area (Å²) in [7, 11) is 0. The molecule has 0 aromatic carbocycles. The molecule has 5 nitrogen and oxygen atoms in total. The molecule has 144 valence electrons. The van der Waals surface area contributed by atoms with Crippen molar-refractivity contribution in [2.45, 2.75) is 39.8 Å². The Bertz CT molecular complexity index is 994. The van der Waals surface area contributed by atoms with E-state index in [2.05, 4.69) is 76.7 Å². The second-order valence-corrected chi connectivity index (χ2v) is 7.65. The minimum atomic E-state index is 0.0218. The molecule has 0 aliphatic carbocycles. The van der Waals surface area contributed by atoms with Gasteiger partial charge in [-0.2, -0.15) is 0 Å². The van der Waals surface area contributed by atoms with Crippen molar-refractivity contribution in [3.05, 3.63) is 77.0 Å². The summed E-state index contributed by atoms with van der Waals surface area (Å²) in [4.78, 5) is 11.5. The molecule has 0 saturated carbocycles. The number of nitrogens with one attached hydrogen (secondary N) is 1. The Hall–Kier alpha value is -2.73. The maximum Gasteiger partial charge on any atom is 0.170 e. The van der Waals surface area contributed by atoms with Crippen LogP contribution >= 0.6 is 12.2 Å². The highest BCUT2D eigenvalue weighted by Gasteiger charge is 2.40. The molecule has 4 rings (SSSR count). The zero-order valence-electron chi connectivity index (χ0n) is 16.7. The molecular formula is C22H25N5S. The fraction of sp³-hybridized carbons (Fsp3) is 0.318. The number of hydrogen-bond acceptors (Lipinski definition) is 3. The van der Waals surface area contributed by atoms with E-state index in [-0.39, 0.29) is 12.1 Å². The van der Waals surface area contributed by atoms with Gasteiger partial charge in [-0.3, -0.25) is 4.98 Å². The standard InChI is InChI=1S/C22H25N5S/c1-5-26-21(20(25-22(26)28)18-8-6-7-11-23-18)17-12-15(3)27(16(17)4)19-10-9-14(2)13-24-19/h6-13,20-21H,5H2,1-4H3,(H,25,28)/t20-,21+/m0/s1. The lowest BCUT2D eigenvalue weighted by molar-refractivity contribution is 0.329. The van der Waals surface area contributed by atoms with Gasteiger partial charge in [-0.05, 0) is 75.3 Å². The summed E-state index contributed by atoms with van der Waals surface area (Å²) in [5.74, 6) is 0.942. The summed E-state index contributed by atoms with van der Waals surface area (Å²) >= 11 is 5.65. The first-order valence-corrected chi connectivity index (χ1v) is 10.0. The number of nitrogens with zero attached hydrogens (tertiary/aromatic N) is 4. The number of pyridine rings is 2. The van der Waals surface area contributed by atoms with Crippen LogP contribution in [0.1, 0.15) is 47.2 Å². The van der Waals surface area contributed by atoms with E-state index in [0.717, 1.165) is 34.4 Å². The molecule has 28 heavy (non-hydrogen) atoms. The van der Waals surface area contributed by atoms with Gasteiger partial charge in [0.2, 0.25) is 0 Å². The predicted molar refractivity (Wildman–Crippen MR) is 116 cm³/mol. The number of aromatic nitrogens is 3. The highest BCUT2D eigenvalue weighted by molar-refractivity contribution is 7.80. The molecule has 1 aliphatic rings. The van der Waals surface area contributed by atoms with Gasteiger partial charge in [-0.1, -0.05) is 12.1 Å². The maximum absolute atomic E-state index is 5.65. The Labute approximate surface area is 171 Å². The van der Waals surface area contributed by atoms with Crippen molar-refractivity contribution in [3.8, 4) is 5.82 Å². The molecule has 3 aromatic rings. The first kappa shape index (κ1) is 18.6. The van der Waals surface area contributed by atoms with Crippen LogP contribution in [-0.2, 0) is 0 Å². The number of hydrogen-bond donors (Lipinski definition) is 1. The van der Waals surface area contributed by atoms with Crippen molar-refractivity contribution >= 4 is 17.3 Å². The molecule has 3 aromatic heterocycles. The summed E-state index contributed by atoms with van der Waals surface area (Å²) in [6.07, 6.45) is 3.75. The molecule has 0 bridgehead atoms. The monoisotopic (exact) mass is 391 g/mol. The van der Waals surface area contributed by atoms with E-state index in [1.165, 1.54) is 11.3 Å². The van der Waals surface area contributed by atoms with Crippen molar-refractivity contribution < 1.29 is 0 Å². The number of thiocarbonyl (C=S) groups is 1. The molecule has 0 radical (unpaired) electrons. The summed E-state index contributed by atoms with van der Waals surface area (Å²) in [6.45, 7) is 9.33. The number of aryl methyl sites for hydroxylation is 2. The fourth-order valence-electron chi connectivity index (χ4n) is 4.12. The average Bonchev–Trinajstić information content (AvgIpc) is 3.18. The van der Waals surface area contributed by atoms with Crippen molar-refractivity contribution in [2.24, 2.45) is 0 Å². The van der Waals surface area contributed by atoms with Gasteiger partial charge in [0.25, 0.3) is 0 Å². The van der Waals surface area contributed by atoms with Crippen LogP contribution in [0.3, 0.4) is 0 Å². The van der Waals surface area contributed by atoms with Crippen molar-refractivity contribution in [3.63, 3.8) is 0 Å². The Balaban J connectivity index is 1.82. The zero-order valence-corrected chi connectivity index (χ0v) is 17.5. The van der Waals surface area contributed by atoms with Crippen molar-refractivity contribution in [1.29, 1.82) is 0 Å². The van der Waals surface area contributed by atoms with E-state index in [9.17, 15) is 0 Å². The minimum Gasteiger partial charge on any atom is -0.352 e. The van der Waals surface area contributed by atoms with E-state index in [0.29, 0.717) is 0 Å². The van der Waals surface area contributed by atoms with Crippen LogP contribution in [0.15, 0.2) is 48.8 Å². The van der Waals surface area contributed by atoms with E-state index in [1.54, 1.807) is 0 Å². The number of rotatable bonds is 4. The van der Waals surface area contributed by atoms with Gasteiger partial charge in [0.05, 0.1) is 17.8 Å². The molecule has 0 unspecified atom stereocenters. The van der Waals surface area contributed by atoms with Crippen LogP contribution < -0.4 is 5.32 Å². The molecule has 2 atom stereocenters. The largest absolute Gasteiger partial charge is 0.352 e. The lowest BCUT2D eigenvalue weighted by atomic mass is 9.97. The van der Waals surface area contributed by atoms with E-state index >= 15 is 0 Å². The lowest BCUT2D eigenvalue weighted by Crippen LogP contribution is -2.29. The smallest absolute Gasteiger partial charge is 0.170 e. The topological polar surface area (TPSA) is 46.0 Å². The summed E-state index contributed by atoms with van der Waals surface area (Å²) in [5.41, 5.74) is 5.76. The van der Waals surface area contributed by atoms with Gasteiger partial charge in [-0.25, -0.2) is 4.98 Å². The van der Waals surface area contributed by atoms with Crippen LogP contribution in [0.25, 0.3) is 5.82 Å². The molecule has 0 spiro atoms. The third-order valence-electron chi connectivity index (χ3n) is 5.45. The first-order valence-electron chi connectivity index (χ1n) is 9.61. The summed E-state index contributed by atoms with van der Waals surface area (Å²) in [6, 6.07) is 12.6. The summed E-state index contributed by atoms with van der Waals surface area (Å²) < 4.78 is 2.22. The molecule has 1 N–H and O–H groups in total.